The first-order chi connectivity index (χ1) is 11.3. The van der Waals surface area contributed by atoms with Crippen LogP contribution in [-0.2, 0) is 0 Å². The van der Waals surface area contributed by atoms with Crippen molar-refractivity contribution in [3.63, 3.8) is 0 Å². The van der Waals surface area contributed by atoms with Crippen LogP contribution in [0.15, 0.2) is 92.0 Å². The first kappa shape index (κ1) is 15.5. The summed E-state index contributed by atoms with van der Waals surface area (Å²) in [6, 6.07) is 19.7. The lowest BCUT2D eigenvalue weighted by Gasteiger charge is -2.08. The zero-order chi connectivity index (χ0) is 15.9. The lowest BCUT2D eigenvalue weighted by molar-refractivity contribution is 0.940. The largest absolute Gasteiger partial charge is 0.232 e. The summed E-state index contributed by atoms with van der Waals surface area (Å²) in [7, 11) is 0. The second kappa shape index (κ2) is 7.75. The molecule has 0 saturated heterocycles. The molecule has 5 nitrogen and oxygen atoms in total. The number of anilines is 1. The Balaban J connectivity index is 1.88. The Morgan fingerprint density at radius 3 is 2.09 bits per heavy atom. The van der Waals surface area contributed by atoms with E-state index in [0.29, 0.717) is 10.8 Å². The van der Waals surface area contributed by atoms with Crippen molar-refractivity contribution in [2.45, 2.75) is 19.8 Å². The molecule has 1 aromatic heterocycles. The molecular formula is C16H12N4OS2. The summed E-state index contributed by atoms with van der Waals surface area (Å²) in [5, 5.41) is 4.06. The number of rotatable bonds is 6. The smallest absolute Gasteiger partial charge is 0.182 e. The van der Waals surface area contributed by atoms with Gasteiger partial charge in [0.2, 0.25) is 0 Å². The van der Waals surface area contributed by atoms with Crippen molar-refractivity contribution >= 4 is 29.3 Å². The van der Waals surface area contributed by atoms with Crippen molar-refractivity contribution in [3.8, 4) is 0 Å². The van der Waals surface area contributed by atoms with Crippen molar-refractivity contribution in [1.82, 2.24) is 9.97 Å². The van der Waals surface area contributed by atoms with Crippen LogP contribution < -0.4 is 5.43 Å². The van der Waals surface area contributed by atoms with E-state index in [4.69, 9.17) is 0 Å². The van der Waals surface area contributed by atoms with Gasteiger partial charge in [-0.3, -0.25) is 0 Å². The van der Waals surface area contributed by atoms with Gasteiger partial charge in [0.1, 0.15) is 10.1 Å². The lowest BCUT2D eigenvalue weighted by Crippen LogP contribution is -1.97. The maximum Gasteiger partial charge on any atom is 0.182 e. The van der Waals surface area contributed by atoms with Crippen LogP contribution in [-0.4, -0.2) is 9.97 Å². The molecule has 0 amide bonds. The predicted molar refractivity (Wildman–Crippen MR) is 92.6 cm³/mol. The fourth-order valence-electron chi connectivity index (χ4n) is 1.81. The first-order valence-corrected chi connectivity index (χ1v) is 8.39. The molecule has 0 fully saturated rings. The number of nitrogens with zero attached hydrogens (tertiary/aromatic N) is 3. The van der Waals surface area contributed by atoms with E-state index in [1.165, 1.54) is 23.5 Å². The average Bonchev–Trinajstić information content (AvgIpc) is 2.59. The monoisotopic (exact) mass is 340 g/mol. The van der Waals surface area contributed by atoms with Gasteiger partial charge < -0.3 is 0 Å². The molecule has 0 aliphatic heterocycles. The Kier molecular flexibility index (Phi) is 5.23. The van der Waals surface area contributed by atoms with Gasteiger partial charge in [-0.05, 0) is 24.3 Å². The Morgan fingerprint density at radius 1 is 0.870 bits per heavy atom. The van der Waals surface area contributed by atoms with Crippen molar-refractivity contribution in [1.29, 1.82) is 0 Å². The van der Waals surface area contributed by atoms with Gasteiger partial charge in [0.15, 0.2) is 5.82 Å². The Morgan fingerprint density at radius 2 is 1.48 bits per heavy atom. The van der Waals surface area contributed by atoms with E-state index in [-0.39, 0.29) is 0 Å². The van der Waals surface area contributed by atoms with Crippen LogP contribution in [0.1, 0.15) is 0 Å². The SMILES string of the molecule is O=NNc1ncc(Sc2ccccc2)nc1Sc1ccccc1. The summed E-state index contributed by atoms with van der Waals surface area (Å²) in [5.74, 6) is 0.353. The Labute approximate surface area is 141 Å². The summed E-state index contributed by atoms with van der Waals surface area (Å²) >= 11 is 2.95. The highest BCUT2D eigenvalue weighted by Crippen LogP contribution is 2.33. The summed E-state index contributed by atoms with van der Waals surface area (Å²) in [6.45, 7) is 0. The van der Waals surface area contributed by atoms with E-state index in [0.717, 1.165) is 14.8 Å². The molecule has 0 atom stereocenters. The molecule has 0 aliphatic carbocycles. The zero-order valence-electron chi connectivity index (χ0n) is 11.9. The molecule has 0 saturated carbocycles. The lowest BCUT2D eigenvalue weighted by atomic mass is 10.4. The van der Waals surface area contributed by atoms with Crippen LogP contribution in [0.4, 0.5) is 5.82 Å². The van der Waals surface area contributed by atoms with Crippen LogP contribution >= 0.6 is 23.5 Å². The van der Waals surface area contributed by atoms with Gasteiger partial charge >= 0.3 is 0 Å². The van der Waals surface area contributed by atoms with Gasteiger partial charge in [-0.1, -0.05) is 59.9 Å². The molecule has 2 aromatic carbocycles. The first-order valence-electron chi connectivity index (χ1n) is 6.76. The van der Waals surface area contributed by atoms with Gasteiger partial charge in [0.05, 0.1) is 11.5 Å². The topological polar surface area (TPSA) is 67.2 Å². The van der Waals surface area contributed by atoms with Crippen LogP contribution in [0.3, 0.4) is 0 Å². The highest BCUT2D eigenvalue weighted by atomic mass is 32.2. The minimum Gasteiger partial charge on any atom is -0.232 e. The zero-order valence-corrected chi connectivity index (χ0v) is 13.6. The number of hydrogen-bond acceptors (Lipinski definition) is 6. The quantitative estimate of drug-likeness (QED) is 0.510. The van der Waals surface area contributed by atoms with Crippen molar-refractivity contribution in [3.05, 3.63) is 71.8 Å². The maximum atomic E-state index is 10.5. The second-order valence-electron chi connectivity index (χ2n) is 4.40. The molecule has 3 rings (SSSR count). The summed E-state index contributed by atoms with van der Waals surface area (Å²) in [5.41, 5.74) is 2.35. The number of hydrogen-bond donors (Lipinski definition) is 1. The maximum absolute atomic E-state index is 10.5. The van der Waals surface area contributed by atoms with Crippen molar-refractivity contribution in [2.75, 3.05) is 5.43 Å². The van der Waals surface area contributed by atoms with E-state index in [9.17, 15) is 4.91 Å². The van der Waals surface area contributed by atoms with E-state index in [2.05, 4.69) is 20.7 Å². The van der Waals surface area contributed by atoms with Gasteiger partial charge in [0.25, 0.3) is 0 Å². The summed E-state index contributed by atoms with van der Waals surface area (Å²) in [4.78, 5) is 21.4. The molecule has 1 N–H and O–H groups in total. The average molecular weight is 340 g/mol. The third-order valence-corrected chi connectivity index (χ3v) is 4.69. The third-order valence-electron chi connectivity index (χ3n) is 2.79. The van der Waals surface area contributed by atoms with Gasteiger partial charge in [-0.2, -0.15) is 0 Å². The minimum atomic E-state index is 0.353. The molecular weight excluding hydrogens is 328 g/mol. The fourth-order valence-corrected chi connectivity index (χ4v) is 3.50. The van der Waals surface area contributed by atoms with E-state index in [1.807, 2.05) is 60.7 Å². The highest BCUT2D eigenvalue weighted by molar-refractivity contribution is 8.00. The molecule has 114 valence electrons. The molecule has 1 heterocycles. The molecule has 0 aliphatic rings. The van der Waals surface area contributed by atoms with Crippen LogP contribution in [0.2, 0.25) is 0 Å². The van der Waals surface area contributed by atoms with Gasteiger partial charge in [0, 0.05) is 9.79 Å². The van der Waals surface area contributed by atoms with E-state index >= 15 is 0 Å². The van der Waals surface area contributed by atoms with Crippen LogP contribution in [0.25, 0.3) is 0 Å². The standard InChI is InChI=1S/C16H12N4OS2/c21-20-19-15-16(23-13-9-5-2-6-10-13)18-14(11-17-15)22-12-7-3-1-4-8-12/h1-11H,(H,17,19,21). The number of benzene rings is 2. The Bertz CT molecular complexity index is 785. The molecule has 0 radical (unpaired) electrons. The molecule has 0 spiro atoms. The molecule has 23 heavy (non-hydrogen) atoms. The van der Waals surface area contributed by atoms with Crippen LogP contribution in [0, 0.1) is 4.91 Å². The normalized spacial score (nSPS) is 10.3. The summed E-state index contributed by atoms with van der Waals surface area (Å²) in [6.07, 6.45) is 1.63. The van der Waals surface area contributed by atoms with E-state index < -0.39 is 0 Å². The summed E-state index contributed by atoms with van der Waals surface area (Å²) < 4.78 is 0. The third kappa shape index (κ3) is 4.30. The highest BCUT2D eigenvalue weighted by Gasteiger charge is 2.10. The molecule has 7 heteroatoms. The number of nitroso groups, excluding NO2 is 1. The van der Waals surface area contributed by atoms with Crippen LogP contribution in [0.5, 0.6) is 0 Å². The molecule has 0 bridgehead atoms. The number of nitrogens with one attached hydrogen (secondary N) is 1. The predicted octanol–water partition coefficient (Wildman–Crippen LogP) is 4.87. The Hall–Kier alpha value is -2.38. The molecule has 0 unspecified atom stereocenters. The van der Waals surface area contributed by atoms with E-state index in [1.54, 1.807) is 6.20 Å². The van der Waals surface area contributed by atoms with Crippen molar-refractivity contribution in [2.24, 2.45) is 5.29 Å². The van der Waals surface area contributed by atoms with Crippen molar-refractivity contribution < 1.29 is 0 Å². The van der Waals surface area contributed by atoms with Gasteiger partial charge in [-0.15, -0.1) is 4.91 Å². The number of aromatic nitrogens is 2. The fraction of sp³-hybridized carbons (Fsp3) is 0. The minimum absolute atomic E-state index is 0.353. The molecule has 3 aromatic rings. The second-order valence-corrected chi connectivity index (χ2v) is 6.55. The van der Waals surface area contributed by atoms with Gasteiger partial charge in [-0.25, -0.2) is 15.4 Å².